The number of nitrogens with two attached hydrogens (primary N) is 1. The first-order valence-corrected chi connectivity index (χ1v) is 10.4. The summed E-state index contributed by atoms with van der Waals surface area (Å²) < 4.78 is 0. The molecule has 0 fully saturated rings. The van der Waals surface area contributed by atoms with E-state index >= 15 is 0 Å². The number of hydrogen-bond donors (Lipinski definition) is 2. The number of nitrogens with one attached hydrogen (secondary N) is 1. The normalized spacial score (nSPS) is 14.2. The summed E-state index contributed by atoms with van der Waals surface area (Å²) in [5.41, 5.74) is 12.4. The highest BCUT2D eigenvalue weighted by Gasteiger charge is 2.17. The van der Waals surface area contributed by atoms with Crippen LogP contribution in [-0.2, 0) is 6.42 Å². The Balaban J connectivity index is 2.35. The molecule has 0 aliphatic heterocycles. The molecular weight excluding hydrogens is 364 g/mol. The van der Waals surface area contributed by atoms with E-state index in [0.717, 1.165) is 35.4 Å². The lowest BCUT2D eigenvalue weighted by molar-refractivity contribution is 0.944. The molecule has 0 spiro atoms. The quantitative estimate of drug-likeness (QED) is 0.596. The molecule has 0 saturated heterocycles. The van der Waals surface area contributed by atoms with Gasteiger partial charge in [0.05, 0.1) is 6.04 Å². The first-order valence-electron chi connectivity index (χ1n) is 10.0. The Bertz CT molecular complexity index is 1050. The first-order chi connectivity index (χ1) is 13.6. The molecule has 28 heavy (non-hydrogen) atoms. The van der Waals surface area contributed by atoms with E-state index in [0.29, 0.717) is 5.03 Å². The molecule has 3 rings (SSSR count). The van der Waals surface area contributed by atoms with Crippen molar-refractivity contribution in [2.75, 3.05) is 0 Å². The zero-order valence-corrected chi connectivity index (χ0v) is 17.7. The van der Waals surface area contributed by atoms with Crippen LogP contribution in [0.4, 0.5) is 0 Å². The van der Waals surface area contributed by atoms with Gasteiger partial charge in [-0.05, 0) is 30.9 Å². The minimum absolute atomic E-state index is 0.360. The SMILES string of the molecule is CCC/C=c1\[nH]c(CC)c(-c2cccc(C)c2)\c1=C(/Cl)C(N)c1ccccc1. The zero-order valence-electron chi connectivity index (χ0n) is 16.9. The molecule has 3 heteroatoms. The summed E-state index contributed by atoms with van der Waals surface area (Å²) in [5.74, 6) is 0. The molecule has 2 nitrogen and oxygen atoms in total. The van der Waals surface area contributed by atoms with Gasteiger partial charge in [-0.2, -0.15) is 0 Å². The Morgan fingerprint density at radius 3 is 2.50 bits per heavy atom. The monoisotopic (exact) mass is 392 g/mol. The predicted molar refractivity (Wildman–Crippen MR) is 122 cm³/mol. The van der Waals surface area contributed by atoms with Crippen LogP contribution >= 0.6 is 11.6 Å². The molecule has 0 aliphatic carbocycles. The van der Waals surface area contributed by atoms with E-state index in [1.165, 1.54) is 22.4 Å². The van der Waals surface area contributed by atoms with E-state index in [9.17, 15) is 0 Å². The van der Waals surface area contributed by atoms with Gasteiger partial charge in [0.15, 0.2) is 0 Å². The van der Waals surface area contributed by atoms with E-state index < -0.39 is 0 Å². The van der Waals surface area contributed by atoms with Crippen LogP contribution in [0.3, 0.4) is 0 Å². The molecule has 3 aromatic rings. The maximum atomic E-state index is 6.99. The fraction of sp³-hybridized carbons (Fsp3) is 0.280. The topological polar surface area (TPSA) is 41.8 Å². The van der Waals surface area contributed by atoms with Crippen LogP contribution in [0.25, 0.3) is 22.2 Å². The second kappa shape index (κ2) is 9.27. The largest absolute Gasteiger partial charge is 0.358 e. The summed E-state index contributed by atoms with van der Waals surface area (Å²) in [6.07, 6.45) is 5.23. The summed E-state index contributed by atoms with van der Waals surface area (Å²) in [6, 6.07) is 18.3. The van der Waals surface area contributed by atoms with E-state index in [1.54, 1.807) is 0 Å². The van der Waals surface area contributed by atoms with Crippen molar-refractivity contribution in [2.45, 2.75) is 46.1 Å². The third-order valence-electron chi connectivity index (χ3n) is 5.07. The summed E-state index contributed by atoms with van der Waals surface area (Å²) in [6.45, 7) is 6.47. The molecule has 2 aromatic carbocycles. The predicted octanol–water partition coefficient (Wildman–Crippen LogP) is 5.18. The fourth-order valence-electron chi connectivity index (χ4n) is 3.61. The molecule has 0 radical (unpaired) electrons. The average molecular weight is 393 g/mol. The van der Waals surface area contributed by atoms with Gasteiger partial charge in [0.2, 0.25) is 0 Å². The molecule has 0 bridgehead atoms. The number of H-pyrrole nitrogens is 1. The van der Waals surface area contributed by atoms with Crippen LogP contribution in [0.1, 0.15) is 49.6 Å². The summed E-state index contributed by atoms with van der Waals surface area (Å²) in [4.78, 5) is 3.62. The summed E-state index contributed by atoms with van der Waals surface area (Å²) in [7, 11) is 0. The van der Waals surface area contributed by atoms with Gasteiger partial charge in [-0.1, -0.05) is 98.1 Å². The summed E-state index contributed by atoms with van der Waals surface area (Å²) >= 11 is 6.99. The van der Waals surface area contributed by atoms with Crippen molar-refractivity contribution in [2.24, 2.45) is 5.73 Å². The molecule has 1 atom stereocenters. The van der Waals surface area contributed by atoms with Crippen LogP contribution in [0.15, 0.2) is 54.6 Å². The second-order valence-corrected chi connectivity index (χ2v) is 7.63. The minimum Gasteiger partial charge on any atom is -0.358 e. The van der Waals surface area contributed by atoms with Crippen molar-refractivity contribution < 1.29 is 0 Å². The number of rotatable bonds is 6. The molecule has 0 amide bonds. The third kappa shape index (κ3) is 4.24. The van der Waals surface area contributed by atoms with Gasteiger partial charge in [0, 0.05) is 26.9 Å². The van der Waals surface area contributed by atoms with Crippen molar-refractivity contribution in [3.05, 3.63) is 82.0 Å². The van der Waals surface area contributed by atoms with Crippen molar-refractivity contribution in [3.63, 3.8) is 0 Å². The number of aryl methyl sites for hydroxylation is 2. The Morgan fingerprint density at radius 1 is 1.11 bits per heavy atom. The highest BCUT2D eigenvalue weighted by atomic mass is 35.5. The number of aromatic amines is 1. The third-order valence-corrected chi connectivity index (χ3v) is 5.50. The van der Waals surface area contributed by atoms with E-state index in [2.05, 4.69) is 56.1 Å². The Labute approximate surface area is 172 Å². The van der Waals surface area contributed by atoms with Crippen LogP contribution in [-0.4, -0.2) is 4.98 Å². The molecule has 1 heterocycles. The van der Waals surface area contributed by atoms with Gasteiger partial charge in [-0.25, -0.2) is 0 Å². The van der Waals surface area contributed by atoms with Crippen LogP contribution in [0, 0.1) is 6.92 Å². The highest BCUT2D eigenvalue weighted by Crippen LogP contribution is 2.26. The Morgan fingerprint density at radius 2 is 1.86 bits per heavy atom. The van der Waals surface area contributed by atoms with Gasteiger partial charge in [-0.15, -0.1) is 0 Å². The number of unbranched alkanes of at least 4 members (excludes halogenated alkanes) is 1. The molecule has 0 saturated carbocycles. The van der Waals surface area contributed by atoms with Gasteiger partial charge < -0.3 is 10.7 Å². The molecule has 1 unspecified atom stereocenters. The Kier molecular flexibility index (Phi) is 6.77. The van der Waals surface area contributed by atoms with Gasteiger partial charge in [0.1, 0.15) is 0 Å². The van der Waals surface area contributed by atoms with E-state index in [1.807, 2.05) is 30.3 Å². The molecule has 146 valence electrons. The average Bonchev–Trinajstić information content (AvgIpc) is 3.10. The number of hydrogen-bond acceptors (Lipinski definition) is 1. The van der Waals surface area contributed by atoms with Gasteiger partial charge >= 0.3 is 0 Å². The Hall–Kier alpha value is -2.29. The lowest BCUT2D eigenvalue weighted by atomic mass is 9.98. The second-order valence-electron chi connectivity index (χ2n) is 7.22. The smallest absolute Gasteiger partial charge is 0.0666 e. The fourth-order valence-corrected chi connectivity index (χ4v) is 3.93. The highest BCUT2D eigenvalue weighted by molar-refractivity contribution is 6.46. The van der Waals surface area contributed by atoms with Gasteiger partial charge in [-0.3, -0.25) is 0 Å². The van der Waals surface area contributed by atoms with Crippen molar-refractivity contribution in [1.82, 2.24) is 4.98 Å². The van der Waals surface area contributed by atoms with E-state index in [-0.39, 0.29) is 6.04 Å². The zero-order chi connectivity index (χ0) is 20.1. The maximum absolute atomic E-state index is 6.99. The molecule has 0 aliphatic rings. The van der Waals surface area contributed by atoms with Crippen molar-refractivity contribution >= 4 is 22.7 Å². The molecule has 3 N–H and O–H groups in total. The molecular formula is C25H29ClN2. The van der Waals surface area contributed by atoms with E-state index in [4.69, 9.17) is 17.3 Å². The lowest BCUT2D eigenvalue weighted by Crippen LogP contribution is -2.29. The first kappa shape index (κ1) is 20.4. The van der Waals surface area contributed by atoms with Crippen LogP contribution in [0.2, 0.25) is 0 Å². The summed E-state index contributed by atoms with van der Waals surface area (Å²) in [5, 5.41) is 2.79. The minimum atomic E-state index is -0.360. The van der Waals surface area contributed by atoms with Crippen LogP contribution < -0.4 is 16.3 Å². The van der Waals surface area contributed by atoms with Crippen molar-refractivity contribution in [1.29, 1.82) is 0 Å². The van der Waals surface area contributed by atoms with Crippen LogP contribution in [0.5, 0.6) is 0 Å². The number of benzene rings is 2. The lowest BCUT2D eigenvalue weighted by Gasteiger charge is -2.12. The maximum Gasteiger partial charge on any atom is 0.0666 e. The molecule has 1 aromatic heterocycles. The van der Waals surface area contributed by atoms with Crippen molar-refractivity contribution in [3.8, 4) is 11.1 Å². The van der Waals surface area contributed by atoms with Gasteiger partial charge in [0.25, 0.3) is 0 Å². The number of halogens is 1. The standard InChI is InChI=1S/C25H29ClN2/c1-4-6-15-21-23(24(26)25(27)18-12-8-7-9-13-18)22(20(5-2)28-21)19-14-10-11-17(3)16-19/h7-16,25,28H,4-6,27H2,1-3H3/b21-15-,24-23-. The number of aromatic nitrogens is 1.